The zero-order valence-electron chi connectivity index (χ0n) is 11.2. The number of nitrogens with one attached hydrogen (secondary N) is 1. The molecule has 4 heteroatoms. The second-order valence-corrected chi connectivity index (χ2v) is 6.25. The van der Waals surface area contributed by atoms with E-state index in [1.165, 1.54) is 6.42 Å². The minimum atomic E-state index is -0.387. The molecule has 0 aliphatic carbocycles. The summed E-state index contributed by atoms with van der Waals surface area (Å²) in [5, 5.41) is 3.31. The smallest absolute Gasteiger partial charge is 0.410 e. The Morgan fingerprint density at radius 2 is 2.00 bits per heavy atom. The van der Waals surface area contributed by atoms with Crippen molar-refractivity contribution in [3.8, 4) is 0 Å². The summed E-state index contributed by atoms with van der Waals surface area (Å²) < 4.78 is 5.43. The molecule has 0 aromatic carbocycles. The van der Waals surface area contributed by atoms with Gasteiger partial charge in [-0.3, -0.25) is 0 Å². The van der Waals surface area contributed by atoms with E-state index in [9.17, 15) is 4.79 Å². The van der Waals surface area contributed by atoms with Crippen LogP contribution in [0.15, 0.2) is 0 Å². The molecule has 2 heterocycles. The lowest BCUT2D eigenvalue weighted by molar-refractivity contribution is 0.0106. The maximum atomic E-state index is 12.0. The summed E-state index contributed by atoms with van der Waals surface area (Å²) in [5.41, 5.74) is -0.387. The summed E-state index contributed by atoms with van der Waals surface area (Å²) in [4.78, 5) is 13.9. The fraction of sp³-hybridized carbons (Fsp3) is 0.923. The average Bonchev–Trinajstić information content (AvgIpc) is 2.12. The zero-order chi connectivity index (χ0) is 12.5. The van der Waals surface area contributed by atoms with Crippen molar-refractivity contribution < 1.29 is 9.53 Å². The molecule has 0 aromatic heterocycles. The largest absolute Gasteiger partial charge is 0.444 e. The Kier molecular flexibility index (Phi) is 3.61. The molecule has 1 atom stereocenters. The molecule has 0 spiro atoms. The molecule has 17 heavy (non-hydrogen) atoms. The first-order chi connectivity index (χ1) is 7.96. The number of rotatable bonds is 1. The molecular weight excluding hydrogens is 216 g/mol. The highest BCUT2D eigenvalue weighted by molar-refractivity contribution is 5.68. The van der Waals surface area contributed by atoms with Gasteiger partial charge in [-0.15, -0.1) is 0 Å². The predicted molar refractivity (Wildman–Crippen MR) is 66.9 cm³/mol. The fourth-order valence-corrected chi connectivity index (χ4v) is 2.53. The van der Waals surface area contributed by atoms with Crippen LogP contribution in [0.2, 0.25) is 0 Å². The number of likely N-dealkylation sites (tertiary alicyclic amines) is 1. The van der Waals surface area contributed by atoms with Gasteiger partial charge in [0.05, 0.1) is 0 Å². The number of ether oxygens (including phenoxy) is 1. The van der Waals surface area contributed by atoms with Crippen LogP contribution in [0.5, 0.6) is 0 Å². The van der Waals surface area contributed by atoms with Crippen LogP contribution in [0.25, 0.3) is 0 Å². The van der Waals surface area contributed by atoms with Crippen LogP contribution in [0.1, 0.15) is 33.6 Å². The van der Waals surface area contributed by atoms with Crippen LogP contribution in [-0.2, 0) is 4.74 Å². The van der Waals surface area contributed by atoms with Crippen LogP contribution >= 0.6 is 0 Å². The van der Waals surface area contributed by atoms with Crippen LogP contribution in [0.4, 0.5) is 4.79 Å². The van der Waals surface area contributed by atoms with Gasteiger partial charge in [0.1, 0.15) is 5.60 Å². The van der Waals surface area contributed by atoms with E-state index >= 15 is 0 Å². The molecule has 2 rings (SSSR count). The van der Waals surface area contributed by atoms with Gasteiger partial charge in [-0.2, -0.15) is 0 Å². The number of nitrogens with zero attached hydrogens (tertiary/aromatic N) is 1. The molecule has 0 radical (unpaired) electrons. The number of carbonyl (C=O) groups is 1. The number of hydrogen-bond acceptors (Lipinski definition) is 3. The molecule has 2 fully saturated rings. The molecule has 0 aromatic rings. The lowest BCUT2D eigenvalue weighted by Gasteiger charge is -2.41. The van der Waals surface area contributed by atoms with Gasteiger partial charge >= 0.3 is 6.09 Å². The molecular formula is C13H24N2O2. The molecule has 4 nitrogen and oxygen atoms in total. The van der Waals surface area contributed by atoms with Crippen LogP contribution in [0.3, 0.4) is 0 Å². The van der Waals surface area contributed by atoms with E-state index in [1.54, 1.807) is 0 Å². The van der Waals surface area contributed by atoms with Crippen molar-refractivity contribution >= 4 is 6.09 Å². The number of carbonyl (C=O) groups excluding carboxylic acids is 1. The molecule has 2 aliphatic rings. The quantitative estimate of drug-likeness (QED) is 0.760. The van der Waals surface area contributed by atoms with Crippen molar-refractivity contribution in [1.82, 2.24) is 10.2 Å². The Bertz CT molecular complexity index is 282. The van der Waals surface area contributed by atoms with E-state index in [4.69, 9.17) is 4.74 Å². The predicted octanol–water partition coefficient (Wildman–Crippen LogP) is 1.85. The lowest BCUT2D eigenvalue weighted by Crippen LogP contribution is -2.52. The van der Waals surface area contributed by atoms with Crippen molar-refractivity contribution in [2.24, 2.45) is 11.8 Å². The van der Waals surface area contributed by atoms with Gasteiger partial charge in [-0.1, -0.05) is 0 Å². The monoisotopic (exact) mass is 240 g/mol. The third-order valence-corrected chi connectivity index (χ3v) is 3.59. The van der Waals surface area contributed by atoms with Crippen LogP contribution in [0, 0.1) is 11.8 Å². The first-order valence-corrected chi connectivity index (χ1v) is 6.64. The number of piperidine rings is 1. The molecule has 0 bridgehead atoms. The van der Waals surface area contributed by atoms with Gasteiger partial charge in [0.25, 0.3) is 0 Å². The number of hydrogen-bond donors (Lipinski definition) is 1. The third kappa shape index (κ3) is 3.35. The van der Waals surface area contributed by atoms with E-state index < -0.39 is 0 Å². The summed E-state index contributed by atoms with van der Waals surface area (Å²) >= 11 is 0. The van der Waals surface area contributed by atoms with Gasteiger partial charge < -0.3 is 15.0 Å². The van der Waals surface area contributed by atoms with E-state index in [1.807, 2.05) is 25.7 Å². The Labute approximate surface area is 104 Å². The standard InChI is InChI=1S/C13H24N2O2/c1-13(2,3)17-12(16)15-6-4-5-10(9-15)11-7-14-8-11/h10-11,14H,4-9H2,1-3H3. The Balaban J connectivity index is 1.85. The first-order valence-electron chi connectivity index (χ1n) is 6.64. The van der Waals surface area contributed by atoms with E-state index in [2.05, 4.69) is 5.32 Å². The van der Waals surface area contributed by atoms with Crippen molar-refractivity contribution in [3.63, 3.8) is 0 Å². The summed E-state index contributed by atoms with van der Waals surface area (Å²) in [7, 11) is 0. The topological polar surface area (TPSA) is 41.6 Å². The Morgan fingerprint density at radius 1 is 1.29 bits per heavy atom. The SMILES string of the molecule is CC(C)(C)OC(=O)N1CCCC(C2CNC2)C1. The molecule has 98 valence electrons. The molecule has 2 saturated heterocycles. The maximum absolute atomic E-state index is 12.0. The minimum Gasteiger partial charge on any atom is -0.444 e. The Hall–Kier alpha value is -0.770. The van der Waals surface area contributed by atoms with Crippen molar-refractivity contribution in [3.05, 3.63) is 0 Å². The molecule has 0 saturated carbocycles. The maximum Gasteiger partial charge on any atom is 0.410 e. The van der Waals surface area contributed by atoms with Crippen LogP contribution < -0.4 is 5.32 Å². The third-order valence-electron chi connectivity index (χ3n) is 3.59. The molecule has 2 aliphatic heterocycles. The van der Waals surface area contributed by atoms with Gasteiger partial charge in [-0.05, 0) is 58.5 Å². The summed E-state index contributed by atoms with van der Waals surface area (Å²) in [5.74, 6) is 1.43. The highest BCUT2D eigenvalue weighted by Gasteiger charge is 2.33. The first kappa shape index (κ1) is 12.7. The summed E-state index contributed by atoms with van der Waals surface area (Å²) in [6.45, 7) is 9.72. The van der Waals surface area contributed by atoms with Gasteiger partial charge in [0.15, 0.2) is 0 Å². The molecule has 1 N–H and O–H groups in total. The molecule has 1 unspecified atom stereocenters. The Morgan fingerprint density at radius 3 is 2.53 bits per heavy atom. The second kappa shape index (κ2) is 4.84. The second-order valence-electron chi connectivity index (χ2n) is 6.25. The van der Waals surface area contributed by atoms with E-state index in [0.717, 1.165) is 38.5 Å². The lowest BCUT2D eigenvalue weighted by atomic mass is 9.82. The van der Waals surface area contributed by atoms with Crippen molar-refractivity contribution in [2.75, 3.05) is 26.2 Å². The summed E-state index contributed by atoms with van der Waals surface area (Å²) in [6.07, 6.45) is 2.22. The number of amides is 1. The average molecular weight is 240 g/mol. The minimum absolute atomic E-state index is 0.144. The summed E-state index contributed by atoms with van der Waals surface area (Å²) in [6, 6.07) is 0. The highest BCUT2D eigenvalue weighted by Crippen LogP contribution is 2.27. The van der Waals surface area contributed by atoms with E-state index in [0.29, 0.717) is 5.92 Å². The normalized spacial score (nSPS) is 26.5. The van der Waals surface area contributed by atoms with E-state index in [-0.39, 0.29) is 11.7 Å². The van der Waals surface area contributed by atoms with Gasteiger partial charge in [0.2, 0.25) is 0 Å². The van der Waals surface area contributed by atoms with Gasteiger partial charge in [0, 0.05) is 13.1 Å². The van der Waals surface area contributed by atoms with Crippen molar-refractivity contribution in [2.45, 2.75) is 39.2 Å². The van der Waals surface area contributed by atoms with Gasteiger partial charge in [-0.25, -0.2) is 4.79 Å². The molecule has 1 amide bonds. The van der Waals surface area contributed by atoms with Crippen molar-refractivity contribution in [1.29, 1.82) is 0 Å². The highest BCUT2D eigenvalue weighted by atomic mass is 16.6. The van der Waals surface area contributed by atoms with Crippen LogP contribution in [-0.4, -0.2) is 42.8 Å². The fourth-order valence-electron chi connectivity index (χ4n) is 2.53. The zero-order valence-corrected chi connectivity index (χ0v) is 11.2.